The Bertz CT molecular complexity index is 831. The zero-order valence-electron chi connectivity index (χ0n) is 12.4. The van der Waals surface area contributed by atoms with Crippen LogP contribution in [0.3, 0.4) is 0 Å². The zero-order chi connectivity index (χ0) is 15.1. The normalized spacial score (nSPS) is 18.5. The van der Waals surface area contributed by atoms with Gasteiger partial charge in [0.05, 0.1) is 24.8 Å². The summed E-state index contributed by atoms with van der Waals surface area (Å²) in [5.41, 5.74) is 1.85. The Morgan fingerprint density at radius 2 is 2.23 bits per heavy atom. The number of ether oxygens (including phenoxy) is 1. The Hall–Kier alpha value is -2.37. The zero-order valence-corrected chi connectivity index (χ0v) is 12.4. The maximum absolute atomic E-state index is 12.8. The number of anilines is 1. The topological polar surface area (TPSA) is 42.7 Å². The maximum Gasteiger partial charge on any atom is 0.236 e. The van der Waals surface area contributed by atoms with E-state index in [2.05, 4.69) is 14.9 Å². The lowest BCUT2D eigenvalue weighted by molar-refractivity contribution is 0.384. The molecule has 0 N–H and O–H groups in total. The first kappa shape index (κ1) is 13.3. The van der Waals surface area contributed by atoms with E-state index in [-0.39, 0.29) is 12.6 Å². The van der Waals surface area contributed by atoms with Crippen molar-refractivity contribution in [2.75, 3.05) is 31.8 Å². The van der Waals surface area contributed by atoms with E-state index in [0.717, 1.165) is 42.1 Å². The van der Waals surface area contributed by atoms with Crippen molar-refractivity contribution in [2.24, 2.45) is 5.92 Å². The van der Waals surface area contributed by atoms with Crippen molar-refractivity contribution in [3.8, 4) is 5.75 Å². The molecule has 0 radical (unpaired) electrons. The summed E-state index contributed by atoms with van der Waals surface area (Å²) < 4.78 is 20.0. The number of imidazole rings is 1. The predicted octanol–water partition coefficient (Wildman–Crippen LogP) is 2.69. The predicted molar refractivity (Wildman–Crippen MR) is 83.3 cm³/mol. The molecule has 1 saturated heterocycles. The molecule has 6 heteroatoms. The number of hydrogen-bond donors (Lipinski definition) is 0. The van der Waals surface area contributed by atoms with Gasteiger partial charge < -0.3 is 9.64 Å². The van der Waals surface area contributed by atoms with Crippen LogP contribution in [0, 0.1) is 5.92 Å². The highest BCUT2D eigenvalue weighted by Gasteiger charge is 2.23. The second-order valence-electron chi connectivity index (χ2n) is 5.68. The molecule has 3 heterocycles. The molecule has 22 heavy (non-hydrogen) atoms. The van der Waals surface area contributed by atoms with E-state index < -0.39 is 0 Å². The fraction of sp³-hybridized carbons (Fsp3) is 0.375. The van der Waals surface area contributed by atoms with E-state index in [1.165, 1.54) is 0 Å². The van der Waals surface area contributed by atoms with Gasteiger partial charge in [0.1, 0.15) is 11.6 Å². The fourth-order valence-electron chi connectivity index (χ4n) is 3.04. The fourth-order valence-corrected chi connectivity index (χ4v) is 3.04. The Morgan fingerprint density at radius 1 is 1.32 bits per heavy atom. The van der Waals surface area contributed by atoms with Crippen molar-refractivity contribution in [1.82, 2.24) is 14.4 Å². The Labute approximate surface area is 127 Å². The number of benzene rings is 1. The first-order chi connectivity index (χ1) is 10.8. The van der Waals surface area contributed by atoms with Crippen LogP contribution in [0.4, 0.5) is 10.2 Å². The third kappa shape index (κ3) is 2.06. The van der Waals surface area contributed by atoms with Gasteiger partial charge in [-0.1, -0.05) is 0 Å². The van der Waals surface area contributed by atoms with Crippen molar-refractivity contribution in [1.29, 1.82) is 0 Å². The second kappa shape index (κ2) is 5.12. The summed E-state index contributed by atoms with van der Waals surface area (Å²) in [7, 11) is 1.64. The molecule has 1 aliphatic heterocycles. The van der Waals surface area contributed by atoms with Gasteiger partial charge in [0, 0.05) is 31.3 Å². The number of nitrogens with zero attached hydrogens (tertiary/aromatic N) is 4. The van der Waals surface area contributed by atoms with Gasteiger partial charge >= 0.3 is 0 Å². The SMILES string of the molecule is COc1ccc2c(c1)nc1nc(N3CCC(CF)C3)ccn12. The quantitative estimate of drug-likeness (QED) is 0.746. The lowest BCUT2D eigenvalue weighted by atomic mass is 10.1. The average molecular weight is 300 g/mol. The van der Waals surface area contributed by atoms with E-state index in [0.29, 0.717) is 5.78 Å². The maximum atomic E-state index is 12.8. The summed E-state index contributed by atoms with van der Waals surface area (Å²) in [6.07, 6.45) is 2.86. The van der Waals surface area contributed by atoms with Crippen LogP contribution in [0.15, 0.2) is 30.5 Å². The van der Waals surface area contributed by atoms with Gasteiger partial charge in [-0.25, -0.2) is 4.98 Å². The summed E-state index contributed by atoms with van der Waals surface area (Å²) in [5.74, 6) is 2.43. The van der Waals surface area contributed by atoms with Gasteiger partial charge in [-0.15, -0.1) is 0 Å². The van der Waals surface area contributed by atoms with Gasteiger partial charge in [0.2, 0.25) is 5.78 Å². The molecule has 1 aliphatic rings. The first-order valence-electron chi connectivity index (χ1n) is 7.42. The molecule has 1 atom stereocenters. The van der Waals surface area contributed by atoms with Gasteiger partial charge in [0.25, 0.3) is 0 Å². The van der Waals surface area contributed by atoms with Crippen LogP contribution in [-0.4, -0.2) is 41.2 Å². The highest BCUT2D eigenvalue weighted by molar-refractivity contribution is 5.81. The number of alkyl halides is 1. The smallest absolute Gasteiger partial charge is 0.236 e. The molecule has 1 aromatic carbocycles. The monoisotopic (exact) mass is 300 g/mol. The van der Waals surface area contributed by atoms with Crippen molar-refractivity contribution >= 4 is 22.6 Å². The third-order valence-electron chi connectivity index (χ3n) is 4.29. The van der Waals surface area contributed by atoms with E-state index in [4.69, 9.17) is 4.74 Å². The minimum absolute atomic E-state index is 0.126. The van der Waals surface area contributed by atoms with Crippen molar-refractivity contribution in [3.05, 3.63) is 30.5 Å². The van der Waals surface area contributed by atoms with Crippen LogP contribution in [0.25, 0.3) is 16.8 Å². The largest absolute Gasteiger partial charge is 0.497 e. The number of hydrogen-bond acceptors (Lipinski definition) is 4. The molecule has 1 unspecified atom stereocenters. The molecule has 0 bridgehead atoms. The summed E-state index contributed by atoms with van der Waals surface area (Å²) in [5, 5.41) is 0. The van der Waals surface area contributed by atoms with Crippen LogP contribution < -0.4 is 9.64 Å². The minimum Gasteiger partial charge on any atom is -0.497 e. The Balaban J connectivity index is 1.76. The molecule has 3 aromatic rings. The van der Waals surface area contributed by atoms with E-state index in [9.17, 15) is 4.39 Å². The summed E-state index contributed by atoms with van der Waals surface area (Å²) >= 11 is 0. The molecule has 5 nitrogen and oxygen atoms in total. The van der Waals surface area contributed by atoms with Crippen LogP contribution in [0.5, 0.6) is 5.75 Å². The molecule has 0 amide bonds. The number of fused-ring (bicyclic) bond motifs is 3. The highest BCUT2D eigenvalue weighted by atomic mass is 19.1. The summed E-state index contributed by atoms with van der Waals surface area (Å²) in [6, 6.07) is 7.76. The van der Waals surface area contributed by atoms with Crippen LogP contribution in [0.1, 0.15) is 6.42 Å². The molecule has 0 spiro atoms. The second-order valence-corrected chi connectivity index (χ2v) is 5.68. The molecule has 0 saturated carbocycles. The number of halogens is 1. The molecule has 0 aliphatic carbocycles. The standard InChI is InChI=1S/C16H17FN4O/c1-22-12-2-3-14-13(8-12)18-16-19-15(5-7-21(14)16)20-6-4-11(9-17)10-20/h2-3,5,7-8,11H,4,6,9-10H2,1H3. The summed E-state index contributed by atoms with van der Waals surface area (Å²) in [4.78, 5) is 11.3. The molecular formula is C16H17FN4O. The minimum atomic E-state index is -0.258. The van der Waals surface area contributed by atoms with Gasteiger partial charge in [0.15, 0.2) is 0 Å². The molecule has 4 rings (SSSR count). The first-order valence-corrected chi connectivity index (χ1v) is 7.42. The van der Waals surface area contributed by atoms with E-state index >= 15 is 0 Å². The van der Waals surface area contributed by atoms with Crippen LogP contribution in [0.2, 0.25) is 0 Å². The number of rotatable bonds is 3. The van der Waals surface area contributed by atoms with Crippen LogP contribution in [-0.2, 0) is 0 Å². The summed E-state index contributed by atoms with van der Waals surface area (Å²) in [6.45, 7) is 1.32. The van der Waals surface area contributed by atoms with E-state index in [1.54, 1.807) is 7.11 Å². The van der Waals surface area contributed by atoms with Gasteiger partial charge in [-0.3, -0.25) is 8.79 Å². The third-order valence-corrected chi connectivity index (χ3v) is 4.29. The molecule has 1 fully saturated rings. The lowest BCUT2D eigenvalue weighted by Crippen LogP contribution is -2.21. The molecule has 114 valence electrons. The van der Waals surface area contributed by atoms with Crippen molar-refractivity contribution in [3.63, 3.8) is 0 Å². The molecule has 2 aromatic heterocycles. The Kier molecular flexibility index (Phi) is 3.10. The number of methoxy groups -OCH3 is 1. The molecular weight excluding hydrogens is 283 g/mol. The van der Waals surface area contributed by atoms with Crippen molar-refractivity contribution in [2.45, 2.75) is 6.42 Å². The van der Waals surface area contributed by atoms with Crippen molar-refractivity contribution < 1.29 is 9.13 Å². The Morgan fingerprint density at radius 3 is 3.00 bits per heavy atom. The van der Waals surface area contributed by atoms with Gasteiger partial charge in [-0.05, 0) is 24.6 Å². The average Bonchev–Trinajstić information content (AvgIpc) is 3.17. The van der Waals surface area contributed by atoms with E-state index in [1.807, 2.05) is 34.9 Å². The van der Waals surface area contributed by atoms with Crippen LogP contribution >= 0.6 is 0 Å². The van der Waals surface area contributed by atoms with Gasteiger partial charge in [-0.2, -0.15) is 4.98 Å². The number of aromatic nitrogens is 3. The lowest BCUT2D eigenvalue weighted by Gasteiger charge is -2.16. The highest BCUT2D eigenvalue weighted by Crippen LogP contribution is 2.25.